The van der Waals surface area contributed by atoms with Crippen molar-refractivity contribution in [2.45, 2.75) is 0 Å². The van der Waals surface area contributed by atoms with Crippen LogP contribution in [-0.2, 0) is 0 Å². The minimum absolute atomic E-state index is 0.744. The third kappa shape index (κ3) is 1.83. The molecule has 0 saturated carbocycles. The van der Waals surface area contributed by atoms with Gasteiger partial charge in [0.15, 0.2) is 0 Å². The summed E-state index contributed by atoms with van der Waals surface area (Å²) in [5.41, 5.74) is 0. The molecule has 0 radical (unpaired) electrons. The van der Waals surface area contributed by atoms with E-state index in [1.165, 1.54) is 4.90 Å². The zero-order chi connectivity index (χ0) is 6.69. The van der Waals surface area contributed by atoms with Gasteiger partial charge >= 0.3 is 6.09 Å². The molecule has 1 aliphatic rings. The molecule has 0 aromatic heterocycles. The van der Waals surface area contributed by atoms with Gasteiger partial charge in [0.05, 0.1) is 0 Å². The van der Waals surface area contributed by atoms with Crippen LogP contribution in [0.15, 0.2) is 0 Å². The highest BCUT2D eigenvalue weighted by atomic mass is 31.1. The summed E-state index contributed by atoms with van der Waals surface area (Å²) in [7, 11) is 0.975. The highest BCUT2D eigenvalue weighted by Gasteiger charge is 2.13. The molecule has 1 rings (SSSR count). The van der Waals surface area contributed by atoms with E-state index in [2.05, 4.69) is 0 Å². The third-order valence-corrected chi connectivity index (χ3v) is 2.54. The van der Waals surface area contributed by atoms with E-state index >= 15 is 0 Å². The molecule has 0 bridgehead atoms. The molecule has 0 unspecified atom stereocenters. The van der Waals surface area contributed by atoms with Gasteiger partial charge in [-0.3, -0.25) is 0 Å². The van der Waals surface area contributed by atoms with Crippen molar-refractivity contribution >= 4 is 14.7 Å². The molecule has 1 amide bonds. The van der Waals surface area contributed by atoms with E-state index in [0.717, 1.165) is 34.0 Å². The van der Waals surface area contributed by atoms with Gasteiger partial charge in [0.1, 0.15) is 0 Å². The first-order valence-electron chi connectivity index (χ1n) is 2.99. The predicted molar refractivity (Wildman–Crippen MR) is 37.6 cm³/mol. The lowest BCUT2D eigenvalue weighted by molar-refractivity contribution is 0.150. The summed E-state index contributed by atoms with van der Waals surface area (Å²) in [6.45, 7) is 1.49. The monoisotopic (exact) mass is 147 g/mol. The normalized spacial score (nSPS) is 19.8. The van der Waals surface area contributed by atoms with Crippen LogP contribution in [-0.4, -0.2) is 41.5 Å². The molecule has 1 heterocycles. The van der Waals surface area contributed by atoms with Crippen LogP contribution in [0.1, 0.15) is 0 Å². The minimum atomic E-state index is -0.764. The van der Waals surface area contributed by atoms with Crippen molar-refractivity contribution in [2.75, 3.05) is 25.4 Å². The number of hydrogen-bond acceptors (Lipinski definition) is 1. The second kappa shape index (κ2) is 3.02. The van der Waals surface area contributed by atoms with Crippen molar-refractivity contribution in [2.24, 2.45) is 0 Å². The molecule has 3 nitrogen and oxygen atoms in total. The van der Waals surface area contributed by atoms with Gasteiger partial charge in [-0.2, -0.15) is 0 Å². The Labute approximate surface area is 55.8 Å². The van der Waals surface area contributed by atoms with Crippen molar-refractivity contribution in [1.29, 1.82) is 0 Å². The summed E-state index contributed by atoms with van der Waals surface area (Å²) in [6, 6.07) is 0. The van der Waals surface area contributed by atoms with E-state index in [1.54, 1.807) is 0 Å². The molecule has 9 heavy (non-hydrogen) atoms. The lowest BCUT2D eigenvalue weighted by Crippen LogP contribution is -2.36. The fourth-order valence-corrected chi connectivity index (χ4v) is 1.96. The first kappa shape index (κ1) is 6.81. The van der Waals surface area contributed by atoms with E-state index in [0.29, 0.717) is 0 Å². The van der Waals surface area contributed by atoms with Crippen LogP contribution in [0.4, 0.5) is 4.79 Å². The Hall–Kier alpha value is -0.300. The van der Waals surface area contributed by atoms with Crippen LogP contribution in [0.2, 0.25) is 0 Å². The van der Waals surface area contributed by atoms with Crippen LogP contribution in [0.25, 0.3) is 0 Å². The first-order chi connectivity index (χ1) is 4.30. The van der Waals surface area contributed by atoms with E-state index in [-0.39, 0.29) is 0 Å². The van der Waals surface area contributed by atoms with Gasteiger partial charge in [-0.15, -0.1) is 8.58 Å². The first-order valence-corrected chi connectivity index (χ1v) is 4.41. The third-order valence-electron chi connectivity index (χ3n) is 1.39. The predicted octanol–water partition coefficient (Wildman–Crippen LogP) is 0.659. The Kier molecular flexibility index (Phi) is 2.29. The maximum atomic E-state index is 10.3. The summed E-state index contributed by atoms with van der Waals surface area (Å²) in [5, 5.41) is 8.47. The van der Waals surface area contributed by atoms with E-state index in [1.807, 2.05) is 0 Å². The van der Waals surface area contributed by atoms with Gasteiger partial charge in [-0.05, 0) is 12.3 Å². The quantitative estimate of drug-likeness (QED) is 0.511. The summed E-state index contributed by atoms with van der Waals surface area (Å²) in [4.78, 5) is 11.8. The van der Waals surface area contributed by atoms with E-state index < -0.39 is 6.09 Å². The number of carboxylic acid groups (broad SMARTS) is 1. The van der Waals surface area contributed by atoms with E-state index in [4.69, 9.17) is 5.11 Å². The fourth-order valence-electron chi connectivity index (χ4n) is 0.856. The van der Waals surface area contributed by atoms with Crippen LogP contribution in [0, 0.1) is 0 Å². The smallest absolute Gasteiger partial charge is 0.407 e. The van der Waals surface area contributed by atoms with Crippen molar-refractivity contribution in [3.05, 3.63) is 0 Å². The molecule has 1 N–H and O–H groups in total. The lowest BCUT2D eigenvalue weighted by atomic mass is 10.5. The number of nitrogens with zero attached hydrogens (tertiary/aromatic N) is 1. The summed E-state index contributed by atoms with van der Waals surface area (Å²) >= 11 is 0. The highest BCUT2D eigenvalue weighted by molar-refractivity contribution is 7.38. The second-order valence-electron chi connectivity index (χ2n) is 2.02. The molecule has 1 fully saturated rings. The second-order valence-corrected chi connectivity index (χ2v) is 3.52. The SMILES string of the molecule is O=C(O)N1CCPCC1. The van der Waals surface area contributed by atoms with Crippen LogP contribution in [0.3, 0.4) is 0 Å². The van der Waals surface area contributed by atoms with Crippen LogP contribution in [0.5, 0.6) is 0 Å². The lowest BCUT2D eigenvalue weighted by Gasteiger charge is -2.23. The number of rotatable bonds is 0. The van der Waals surface area contributed by atoms with Gasteiger partial charge in [0.2, 0.25) is 0 Å². The van der Waals surface area contributed by atoms with Crippen LogP contribution < -0.4 is 0 Å². The average Bonchev–Trinajstić information content (AvgIpc) is 1.90. The zero-order valence-corrected chi connectivity index (χ0v) is 6.13. The topological polar surface area (TPSA) is 40.5 Å². The molecule has 0 aromatic carbocycles. The van der Waals surface area contributed by atoms with Gasteiger partial charge in [-0.1, -0.05) is 0 Å². The standard InChI is InChI=1S/C5H10NO2P/c7-5(8)6-1-3-9-4-2-6/h9H,1-4H2,(H,7,8). The van der Waals surface area contributed by atoms with Gasteiger partial charge in [0.25, 0.3) is 0 Å². The van der Waals surface area contributed by atoms with Crippen molar-refractivity contribution in [3.8, 4) is 0 Å². The molecule has 52 valence electrons. The Morgan fingerprint density at radius 1 is 1.44 bits per heavy atom. The zero-order valence-electron chi connectivity index (χ0n) is 5.13. The molecule has 0 atom stereocenters. The van der Waals surface area contributed by atoms with Crippen molar-refractivity contribution in [1.82, 2.24) is 4.90 Å². The van der Waals surface area contributed by atoms with Crippen molar-refractivity contribution in [3.63, 3.8) is 0 Å². The highest BCUT2D eigenvalue weighted by Crippen LogP contribution is 2.15. The summed E-state index contributed by atoms with van der Waals surface area (Å²) in [6.07, 6.45) is 1.36. The Bertz CT molecular complexity index is 112. The molecular weight excluding hydrogens is 137 g/mol. The Morgan fingerprint density at radius 2 is 2.00 bits per heavy atom. The number of hydrogen-bond donors (Lipinski definition) is 1. The molecule has 1 aliphatic heterocycles. The van der Waals surface area contributed by atoms with Gasteiger partial charge < -0.3 is 10.0 Å². The van der Waals surface area contributed by atoms with Gasteiger partial charge in [-0.25, -0.2) is 4.79 Å². The molecule has 0 aliphatic carbocycles. The maximum Gasteiger partial charge on any atom is 0.407 e. The fraction of sp³-hybridized carbons (Fsp3) is 0.800. The number of amides is 1. The molecule has 4 heteroatoms. The van der Waals surface area contributed by atoms with E-state index in [9.17, 15) is 4.79 Å². The number of carbonyl (C=O) groups is 1. The average molecular weight is 147 g/mol. The molecule has 0 spiro atoms. The minimum Gasteiger partial charge on any atom is -0.465 e. The molecule has 0 aromatic rings. The molecule has 1 saturated heterocycles. The summed E-state index contributed by atoms with van der Waals surface area (Å²) < 4.78 is 0. The molecular formula is C5H10NO2P. The maximum absolute atomic E-state index is 10.3. The van der Waals surface area contributed by atoms with Crippen molar-refractivity contribution < 1.29 is 9.90 Å². The largest absolute Gasteiger partial charge is 0.465 e. The Morgan fingerprint density at radius 3 is 2.33 bits per heavy atom. The summed E-state index contributed by atoms with van der Waals surface area (Å²) in [5.74, 6) is 0. The van der Waals surface area contributed by atoms with Gasteiger partial charge in [0, 0.05) is 13.1 Å². The van der Waals surface area contributed by atoms with Crippen LogP contribution >= 0.6 is 8.58 Å². The Balaban J connectivity index is 2.31.